The van der Waals surface area contributed by atoms with Gasteiger partial charge in [-0.25, -0.2) is 0 Å². The third-order valence-corrected chi connectivity index (χ3v) is 3.16. The van der Waals surface area contributed by atoms with E-state index in [-0.39, 0.29) is 17.2 Å². The molecule has 0 bridgehead atoms. The second kappa shape index (κ2) is 3.81. The number of benzene rings is 1. The van der Waals surface area contributed by atoms with Gasteiger partial charge in [0.25, 0.3) is 5.91 Å². The van der Waals surface area contributed by atoms with Gasteiger partial charge in [0.2, 0.25) is 0 Å². The zero-order chi connectivity index (χ0) is 11.8. The third kappa shape index (κ3) is 2.35. The van der Waals surface area contributed by atoms with Gasteiger partial charge in [0.15, 0.2) is 0 Å². The first-order valence-electron chi connectivity index (χ1n) is 5.60. The zero-order valence-electron chi connectivity index (χ0n) is 9.66. The SMILES string of the molecule is CC(C)(NC(=O)c1ccc(O)cc1)C1CC1. The van der Waals surface area contributed by atoms with Gasteiger partial charge in [-0.05, 0) is 56.9 Å². The van der Waals surface area contributed by atoms with E-state index in [1.807, 2.05) is 0 Å². The molecule has 1 aliphatic rings. The van der Waals surface area contributed by atoms with Crippen molar-refractivity contribution in [2.75, 3.05) is 0 Å². The van der Waals surface area contributed by atoms with Crippen molar-refractivity contribution in [1.29, 1.82) is 0 Å². The average molecular weight is 219 g/mol. The van der Waals surface area contributed by atoms with Gasteiger partial charge >= 0.3 is 0 Å². The Bertz CT molecular complexity index is 391. The molecule has 2 rings (SSSR count). The van der Waals surface area contributed by atoms with Crippen molar-refractivity contribution in [2.45, 2.75) is 32.2 Å². The number of phenolic OH excluding ortho intramolecular Hbond substituents is 1. The number of aromatic hydroxyl groups is 1. The Morgan fingerprint density at radius 2 is 1.88 bits per heavy atom. The van der Waals surface area contributed by atoms with E-state index in [1.54, 1.807) is 12.1 Å². The number of rotatable bonds is 3. The molecule has 1 amide bonds. The standard InChI is InChI=1S/C13H17NO2/c1-13(2,10-5-6-10)14-12(16)9-3-7-11(15)8-4-9/h3-4,7-8,10,15H,5-6H2,1-2H3,(H,14,16). The zero-order valence-corrected chi connectivity index (χ0v) is 9.66. The predicted octanol–water partition coefficient (Wildman–Crippen LogP) is 2.31. The second-order valence-corrected chi connectivity index (χ2v) is 5.00. The molecule has 16 heavy (non-hydrogen) atoms. The van der Waals surface area contributed by atoms with Gasteiger partial charge in [0.05, 0.1) is 0 Å². The Labute approximate surface area is 95.5 Å². The lowest BCUT2D eigenvalue weighted by Crippen LogP contribution is -2.45. The maximum Gasteiger partial charge on any atom is 0.251 e. The van der Waals surface area contributed by atoms with Crippen molar-refractivity contribution in [3.8, 4) is 5.75 Å². The van der Waals surface area contributed by atoms with Crippen LogP contribution in [-0.2, 0) is 0 Å². The number of nitrogens with one attached hydrogen (secondary N) is 1. The average Bonchev–Trinajstić information content (AvgIpc) is 3.01. The molecule has 0 aliphatic heterocycles. The van der Waals surface area contributed by atoms with Crippen LogP contribution in [0.15, 0.2) is 24.3 Å². The van der Waals surface area contributed by atoms with E-state index in [9.17, 15) is 4.79 Å². The van der Waals surface area contributed by atoms with E-state index in [0.717, 1.165) is 0 Å². The first kappa shape index (κ1) is 11.0. The summed E-state index contributed by atoms with van der Waals surface area (Å²) in [6, 6.07) is 6.32. The summed E-state index contributed by atoms with van der Waals surface area (Å²) in [4.78, 5) is 11.9. The van der Waals surface area contributed by atoms with Crippen molar-refractivity contribution in [2.24, 2.45) is 5.92 Å². The van der Waals surface area contributed by atoms with Gasteiger partial charge in [0.1, 0.15) is 5.75 Å². The highest BCUT2D eigenvalue weighted by molar-refractivity contribution is 5.94. The number of hydrogen-bond donors (Lipinski definition) is 2. The van der Waals surface area contributed by atoms with Gasteiger partial charge in [-0.1, -0.05) is 0 Å². The van der Waals surface area contributed by atoms with Crippen LogP contribution in [0.25, 0.3) is 0 Å². The fourth-order valence-corrected chi connectivity index (χ4v) is 1.88. The summed E-state index contributed by atoms with van der Waals surface area (Å²) < 4.78 is 0. The van der Waals surface area contributed by atoms with Crippen LogP contribution in [0.2, 0.25) is 0 Å². The summed E-state index contributed by atoms with van der Waals surface area (Å²) in [6.45, 7) is 4.12. The first-order valence-corrected chi connectivity index (χ1v) is 5.60. The van der Waals surface area contributed by atoms with Gasteiger partial charge in [-0.3, -0.25) is 4.79 Å². The van der Waals surface area contributed by atoms with Crippen LogP contribution < -0.4 is 5.32 Å². The fourth-order valence-electron chi connectivity index (χ4n) is 1.88. The molecule has 0 heterocycles. The molecule has 1 saturated carbocycles. The molecule has 1 aliphatic carbocycles. The van der Waals surface area contributed by atoms with Gasteiger partial charge in [-0.15, -0.1) is 0 Å². The van der Waals surface area contributed by atoms with Gasteiger partial charge in [-0.2, -0.15) is 0 Å². The Morgan fingerprint density at radius 1 is 1.31 bits per heavy atom. The minimum absolute atomic E-state index is 0.0723. The molecule has 1 aromatic carbocycles. The van der Waals surface area contributed by atoms with Crippen LogP contribution in [-0.4, -0.2) is 16.6 Å². The van der Waals surface area contributed by atoms with Gasteiger partial charge in [0, 0.05) is 11.1 Å². The maximum atomic E-state index is 11.9. The second-order valence-electron chi connectivity index (χ2n) is 5.00. The Balaban J connectivity index is 2.05. The largest absolute Gasteiger partial charge is 0.508 e. The van der Waals surface area contributed by atoms with E-state index < -0.39 is 0 Å². The molecule has 0 spiro atoms. The smallest absolute Gasteiger partial charge is 0.251 e. The van der Waals surface area contributed by atoms with E-state index in [1.165, 1.54) is 25.0 Å². The van der Waals surface area contributed by atoms with Crippen LogP contribution in [0.3, 0.4) is 0 Å². The summed E-state index contributed by atoms with van der Waals surface area (Å²) in [6.07, 6.45) is 2.39. The number of hydrogen-bond acceptors (Lipinski definition) is 2. The number of carbonyl (C=O) groups is 1. The summed E-state index contributed by atoms with van der Waals surface area (Å²) in [5.41, 5.74) is 0.459. The van der Waals surface area contributed by atoms with E-state index in [2.05, 4.69) is 19.2 Å². The molecule has 0 atom stereocenters. The van der Waals surface area contributed by atoms with Crippen molar-refractivity contribution < 1.29 is 9.90 Å². The molecule has 0 saturated heterocycles. The quantitative estimate of drug-likeness (QED) is 0.819. The van der Waals surface area contributed by atoms with Crippen LogP contribution in [0.4, 0.5) is 0 Å². The minimum Gasteiger partial charge on any atom is -0.508 e. The summed E-state index contributed by atoms with van der Waals surface area (Å²) in [5, 5.41) is 12.2. The molecule has 3 heteroatoms. The highest BCUT2D eigenvalue weighted by Gasteiger charge is 2.38. The molecular formula is C13H17NO2. The van der Waals surface area contributed by atoms with Crippen molar-refractivity contribution in [1.82, 2.24) is 5.32 Å². The topological polar surface area (TPSA) is 49.3 Å². The number of phenols is 1. The molecule has 1 fully saturated rings. The van der Waals surface area contributed by atoms with Crippen LogP contribution >= 0.6 is 0 Å². The third-order valence-electron chi connectivity index (χ3n) is 3.16. The van der Waals surface area contributed by atoms with E-state index >= 15 is 0 Å². The van der Waals surface area contributed by atoms with Crippen molar-refractivity contribution in [3.05, 3.63) is 29.8 Å². The highest BCUT2D eigenvalue weighted by atomic mass is 16.3. The van der Waals surface area contributed by atoms with Crippen molar-refractivity contribution in [3.63, 3.8) is 0 Å². The molecule has 86 valence electrons. The van der Waals surface area contributed by atoms with Crippen LogP contribution in [0.5, 0.6) is 5.75 Å². The molecule has 2 N–H and O–H groups in total. The normalized spacial score (nSPS) is 15.9. The van der Waals surface area contributed by atoms with Crippen LogP contribution in [0, 0.1) is 5.92 Å². The molecule has 0 aromatic heterocycles. The Kier molecular flexibility index (Phi) is 2.62. The highest BCUT2D eigenvalue weighted by Crippen LogP contribution is 2.39. The Hall–Kier alpha value is -1.51. The molecule has 1 aromatic rings. The van der Waals surface area contributed by atoms with Crippen LogP contribution in [0.1, 0.15) is 37.0 Å². The number of amides is 1. The molecule has 3 nitrogen and oxygen atoms in total. The summed E-state index contributed by atoms with van der Waals surface area (Å²) in [5.74, 6) is 0.712. The Morgan fingerprint density at radius 3 is 2.38 bits per heavy atom. The molecule has 0 unspecified atom stereocenters. The van der Waals surface area contributed by atoms with E-state index in [0.29, 0.717) is 11.5 Å². The fraction of sp³-hybridized carbons (Fsp3) is 0.462. The molecular weight excluding hydrogens is 202 g/mol. The van der Waals surface area contributed by atoms with E-state index in [4.69, 9.17) is 5.11 Å². The predicted molar refractivity (Wildman–Crippen MR) is 62.4 cm³/mol. The monoisotopic (exact) mass is 219 g/mol. The summed E-state index contributed by atoms with van der Waals surface area (Å²) in [7, 11) is 0. The first-order chi connectivity index (χ1) is 7.49. The molecule has 0 radical (unpaired) electrons. The lowest BCUT2D eigenvalue weighted by atomic mass is 9.98. The van der Waals surface area contributed by atoms with Crippen molar-refractivity contribution >= 4 is 5.91 Å². The lowest BCUT2D eigenvalue weighted by molar-refractivity contribution is 0.0903. The maximum absolute atomic E-state index is 11.9. The minimum atomic E-state index is -0.130. The lowest BCUT2D eigenvalue weighted by Gasteiger charge is -2.26. The number of carbonyl (C=O) groups excluding carboxylic acids is 1. The summed E-state index contributed by atoms with van der Waals surface area (Å²) >= 11 is 0. The van der Waals surface area contributed by atoms with Gasteiger partial charge < -0.3 is 10.4 Å².